The van der Waals surface area contributed by atoms with Crippen LogP contribution in [0.1, 0.15) is 54.4 Å². The first kappa shape index (κ1) is 12.7. The van der Waals surface area contributed by atoms with Crippen LogP contribution in [0.2, 0.25) is 0 Å². The maximum atomic E-state index is 11.0. The van der Waals surface area contributed by atoms with Crippen LogP contribution < -0.4 is 0 Å². The molecule has 0 aliphatic carbocycles. The summed E-state index contributed by atoms with van der Waals surface area (Å²) in [6, 6.07) is 0. The van der Waals surface area contributed by atoms with Crippen molar-refractivity contribution in [2.75, 3.05) is 0 Å². The summed E-state index contributed by atoms with van der Waals surface area (Å²) >= 11 is 0. The molecule has 1 nitrogen and oxygen atoms in total. The molecule has 13 heavy (non-hydrogen) atoms. The Labute approximate surface area is 82.9 Å². The van der Waals surface area contributed by atoms with E-state index in [1.807, 2.05) is 0 Å². The van der Waals surface area contributed by atoms with Crippen molar-refractivity contribution in [3.05, 3.63) is 0 Å². The van der Waals surface area contributed by atoms with E-state index in [2.05, 4.69) is 41.5 Å². The Morgan fingerprint density at radius 3 is 1.92 bits per heavy atom. The topological polar surface area (TPSA) is 17.1 Å². The van der Waals surface area contributed by atoms with Gasteiger partial charge in [0, 0.05) is 5.41 Å². The van der Waals surface area contributed by atoms with Crippen LogP contribution in [-0.2, 0) is 4.79 Å². The van der Waals surface area contributed by atoms with Crippen molar-refractivity contribution in [1.29, 1.82) is 0 Å². The highest BCUT2D eigenvalue weighted by atomic mass is 16.1. The van der Waals surface area contributed by atoms with Crippen molar-refractivity contribution in [3.63, 3.8) is 0 Å². The Hall–Kier alpha value is -0.330. The third-order valence-electron chi connectivity index (χ3n) is 3.08. The number of hydrogen-bond donors (Lipinski definition) is 0. The fraction of sp³-hybridized carbons (Fsp3) is 0.917. The SMILES string of the molecule is CCC(C)(C=O)C(C)CC(C)(C)C. The summed E-state index contributed by atoms with van der Waals surface area (Å²) in [4.78, 5) is 11.0. The lowest BCUT2D eigenvalue weighted by atomic mass is 9.70. The molecular formula is C12H24O. The van der Waals surface area contributed by atoms with Crippen LogP contribution in [0.25, 0.3) is 0 Å². The number of rotatable bonds is 4. The first-order valence-electron chi connectivity index (χ1n) is 5.21. The Kier molecular flexibility index (Phi) is 4.15. The molecule has 0 N–H and O–H groups in total. The average molecular weight is 184 g/mol. The molecule has 0 aliphatic heterocycles. The molecule has 0 spiro atoms. The standard InChI is InChI=1S/C12H24O/c1-7-12(6,9-13)10(2)8-11(3,4)5/h9-10H,7-8H2,1-6H3. The van der Waals surface area contributed by atoms with Gasteiger partial charge in [-0.1, -0.05) is 41.5 Å². The summed E-state index contributed by atoms with van der Waals surface area (Å²) in [6.07, 6.45) is 3.17. The van der Waals surface area contributed by atoms with Gasteiger partial charge in [0.05, 0.1) is 0 Å². The second-order valence-corrected chi connectivity index (χ2v) is 5.64. The summed E-state index contributed by atoms with van der Waals surface area (Å²) in [7, 11) is 0. The first-order valence-corrected chi connectivity index (χ1v) is 5.21. The smallest absolute Gasteiger partial charge is 0.126 e. The summed E-state index contributed by atoms with van der Waals surface area (Å²) in [5.74, 6) is 0.468. The van der Waals surface area contributed by atoms with Crippen LogP contribution in [0.3, 0.4) is 0 Å². The molecule has 0 heterocycles. The average Bonchev–Trinajstić information content (AvgIpc) is 2.00. The Bertz CT molecular complexity index is 166. The first-order chi connectivity index (χ1) is 5.75. The molecule has 0 amide bonds. The van der Waals surface area contributed by atoms with E-state index in [4.69, 9.17) is 0 Å². The molecule has 0 saturated heterocycles. The van der Waals surface area contributed by atoms with Crippen LogP contribution in [0.15, 0.2) is 0 Å². The van der Waals surface area contributed by atoms with Crippen LogP contribution in [0.4, 0.5) is 0 Å². The molecular weight excluding hydrogens is 160 g/mol. The lowest BCUT2D eigenvalue weighted by Crippen LogP contribution is -2.29. The normalized spacial score (nSPS) is 19.2. The predicted octanol–water partition coefficient (Wildman–Crippen LogP) is 3.67. The molecule has 2 unspecified atom stereocenters. The molecule has 0 fully saturated rings. The van der Waals surface area contributed by atoms with E-state index in [1.54, 1.807) is 0 Å². The number of hydrogen-bond acceptors (Lipinski definition) is 1. The highest BCUT2D eigenvalue weighted by molar-refractivity contribution is 5.59. The minimum atomic E-state index is -0.132. The van der Waals surface area contributed by atoms with Gasteiger partial charge in [-0.25, -0.2) is 0 Å². The van der Waals surface area contributed by atoms with Gasteiger partial charge in [0.15, 0.2) is 0 Å². The van der Waals surface area contributed by atoms with Gasteiger partial charge in [0.1, 0.15) is 6.29 Å². The maximum absolute atomic E-state index is 11.0. The van der Waals surface area contributed by atoms with Crippen molar-refractivity contribution in [2.45, 2.75) is 54.4 Å². The molecule has 0 rings (SSSR count). The number of carbonyl (C=O) groups is 1. The zero-order chi connectivity index (χ0) is 10.7. The van der Waals surface area contributed by atoms with Gasteiger partial charge in [-0.15, -0.1) is 0 Å². The third kappa shape index (κ3) is 3.93. The van der Waals surface area contributed by atoms with Gasteiger partial charge < -0.3 is 4.79 Å². The number of carbonyl (C=O) groups excluding carboxylic acids is 1. The van der Waals surface area contributed by atoms with Gasteiger partial charge in [0.2, 0.25) is 0 Å². The third-order valence-corrected chi connectivity index (χ3v) is 3.08. The number of aldehydes is 1. The van der Waals surface area contributed by atoms with Gasteiger partial charge in [0.25, 0.3) is 0 Å². The molecule has 0 aliphatic rings. The van der Waals surface area contributed by atoms with Gasteiger partial charge in [-0.2, -0.15) is 0 Å². The quantitative estimate of drug-likeness (QED) is 0.609. The molecule has 0 aromatic carbocycles. The van der Waals surface area contributed by atoms with Crippen LogP contribution in [0.5, 0.6) is 0 Å². The van der Waals surface area contributed by atoms with Crippen molar-refractivity contribution >= 4 is 6.29 Å². The van der Waals surface area contributed by atoms with Crippen molar-refractivity contribution in [2.24, 2.45) is 16.7 Å². The van der Waals surface area contributed by atoms with E-state index < -0.39 is 0 Å². The largest absolute Gasteiger partial charge is 0.303 e. The monoisotopic (exact) mass is 184 g/mol. The van der Waals surface area contributed by atoms with E-state index in [9.17, 15) is 4.79 Å². The van der Waals surface area contributed by atoms with Crippen LogP contribution >= 0.6 is 0 Å². The fourth-order valence-corrected chi connectivity index (χ4v) is 1.70. The fourth-order valence-electron chi connectivity index (χ4n) is 1.70. The molecule has 1 heteroatoms. The molecule has 78 valence electrons. The zero-order valence-electron chi connectivity index (χ0n) is 9.98. The van der Waals surface area contributed by atoms with E-state index >= 15 is 0 Å². The van der Waals surface area contributed by atoms with E-state index in [1.165, 1.54) is 0 Å². The lowest BCUT2D eigenvalue weighted by molar-refractivity contribution is -0.118. The molecule has 0 aromatic rings. The van der Waals surface area contributed by atoms with Crippen LogP contribution in [0, 0.1) is 16.7 Å². The molecule has 0 radical (unpaired) electrons. The second kappa shape index (κ2) is 4.26. The summed E-state index contributed by atoms with van der Waals surface area (Å²) < 4.78 is 0. The Balaban J connectivity index is 4.39. The maximum Gasteiger partial charge on any atom is 0.126 e. The van der Waals surface area contributed by atoms with Crippen molar-refractivity contribution < 1.29 is 4.79 Å². The second-order valence-electron chi connectivity index (χ2n) is 5.64. The van der Waals surface area contributed by atoms with E-state index in [0.29, 0.717) is 11.3 Å². The summed E-state index contributed by atoms with van der Waals surface area (Å²) in [6.45, 7) is 13.0. The Morgan fingerprint density at radius 1 is 1.23 bits per heavy atom. The highest BCUT2D eigenvalue weighted by Gasteiger charge is 2.31. The van der Waals surface area contributed by atoms with Crippen molar-refractivity contribution in [3.8, 4) is 0 Å². The van der Waals surface area contributed by atoms with Gasteiger partial charge in [-0.05, 0) is 24.2 Å². The molecule has 0 bridgehead atoms. The molecule has 0 aromatic heterocycles. The van der Waals surface area contributed by atoms with E-state index in [0.717, 1.165) is 19.1 Å². The minimum Gasteiger partial charge on any atom is -0.303 e. The molecule has 2 atom stereocenters. The zero-order valence-corrected chi connectivity index (χ0v) is 9.98. The Morgan fingerprint density at radius 2 is 1.69 bits per heavy atom. The highest BCUT2D eigenvalue weighted by Crippen LogP contribution is 2.36. The lowest BCUT2D eigenvalue weighted by Gasteiger charge is -2.33. The van der Waals surface area contributed by atoms with Gasteiger partial charge in [-0.3, -0.25) is 0 Å². The van der Waals surface area contributed by atoms with Gasteiger partial charge >= 0.3 is 0 Å². The minimum absolute atomic E-state index is 0.132. The summed E-state index contributed by atoms with van der Waals surface area (Å²) in [5, 5.41) is 0. The predicted molar refractivity (Wildman–Crippen MR) is 57.7 cm³/mol. The van der Waals surface area contributed by atoms with Crippen molar-refractivity contribution in [1.82, 2.24) is 0 Å². The van der Waals surface area contributed by atoms with E-state index in [-0.39, 0.29) is 5.41 Å². The summed E-state index contributed by atoms with van der Waals surface area (Å²) in [5.41, 5.74) is 0.187. The molecule has 0 saturated carbocycles. The van der Waals surface area contributed by atoms with Crippen LogP contribution in [-0.4, -0.2) is 6.29 Å².